The lowest BCUT2D eigenvalue weighted by Gasteiger charge is -2.11. The first kappa shape index (κ1) is 8.23. The Labute approximate surface area is 52.3 Å². The smallest absolute Gasteiger partial charge is 0.127 e. The van der Waals surface area contributed by atoms with Gasteiger partial charge in [-0.25, -0.2) is 0 Å². The second-order valence-electron chi connectivity index (χ2n) is 1.38. The summed E-state index contributed by atoms with van der Waals surface area (Å²) < 4.78 is 0. The van der Waals surface area contributed by atoms with Gasteiger partial charge in [-0.15, -0.1) is 11.8 Å². The third kappa shape index (κ3) is 2.52. The minimum absolute atomic E-state index is 0.387. The summed E-state index contributed by atoms with van der Waals surface area (Å²) >= 11 is 1.10. The lowest BCUT2D eigenvalue weighted by molar-refractivity contribution is 0.0287. The van der Waals surface area contributed by atoms with Crippen LogP contribution in [-0.2, 0) is 0 Å². The van der Waals surface area contributed by atoms with Crippen LogP contribution in [0, 0.1) is 0 Å². The quantitative estimate of drug-likeness (QED) is 0.439. The van der Waals surface area contributed by atoms with Crippen molar-refractivity contribution in [3.05, 3.63) is 0 Å². The van der Waals surface area contributed by atoms with E-state index in [-0.39, 0.29) is 6.61 Å². The molecule has 0 bridgehead atoms. The molecule has 0 saturated heterocycles. The highest BCUT2D eigenvalue weighted by Crippen LogP contribution is 2.05. The molecular weight excluding hydrogens is 128 g/mol. The number of hydrogen-bond acceptors (Lipinski definition) is 4. The number of hydrogen-bond donors (Lipinski definition) is 3. The molecule has 0 aromatic rings. The predicted octanol–water partition coefficient (Wildman–Crippen LogP) is -0.979. The maximum Gasteiger partial charge on any atom is 0.127 e. The van der Waals surface area contributed by atoms with Gasteiger partial charge in [0.15, 0.2) is 0 Å². The summed E-state index contributed by atoms with van der Waals surface area (Å²) in [5.41, 5.74) is -0.861. The minimum atomic E-state index is -1.01. The van der Waals surface area contributed by atoms with Crippen molar-refractivity contribution in [2.75, 3.05) is 12.9 Å². The van der Waals surface area contributed by atoms with Crippen molar-refractivity contribution < 1.29 is 15.3 Å². The second-order valence-corrected chi connectivity index (χ2v) is 2.33. The van der Waals surface area contributed by atoms with Crippen LogP contribution in [0.25, 0.3) is 0 Å². The molecule has 0 fully saturated rings. The van der Waals surface area contributed by atoms with Crippen LogP contribution >= 0.6 is 11.8 Å². The Kier molecular flexibility index (Phi) is 4.26. The summed E-state index contributed by atoms with van der Waals surface area (Å²) in [6.07, 6.45) is 0.647. The van der Waals surface area contributed by atoms with E-state index in [2.05, 4.69) is 0 Å². The monoisotopic (exact) mass is 138 g/mol. The Morgan fingerprint density at radius 3 is 2.12 bits per heavy atom. The minimum Gasteiger partial charge on any atom is -0.394 e. The summed E-state index contributed by atoms with van der Waals surface area (Å²) in [6.45, 7) is -0.387. The molecule has 0 aliphatic carbocycles. The van der Waals surface area contributed by atoms with Crippen LogP contribution in [0.2, 0.25) is 0 Å². The molecule has 0 aromatic heterocycles. The van der Waals surface area contributed by atoms with Gasteiger partial charge in [-0.3, -0.25) is 0 Å². The van der Waals surface area contributed by atoms with Gasteiger partial charge < -0.3 is 15.3 Å². The standard InChI is InChI=1S/C4H10O3S/c1-8-4(7)3(6)2-5/h3-7H,2H2,1H3. The maximum absolute atomic E-state index is 8.68. The molecule has 0 aliphatic heterocycles. The molecule has 2 atom stereocenters. The van der Waals surface area contributed by atoms with Crippen LogP contribution in [0.1, 0.15) is 0 Å². The molecule has 0 aliphatic rings. The van der Waals surface area contributed by atoms with E-state index in [0.29, 0.717) is 0 Å². The van der Waals surface area contributed by atoms with Crippen molar-refractivity contribution in [2.24, 2.45) is 0 Å². The average Bonchev–Trinajstić information content (AvgIpc) is 1.84. The van der Waals surface area contributed by atoms with E-state index in [0.717, 1.165) is 11.8 Å². The summed E-state index contributed by atoms with van der Waals surface area (Å²) in [4.78, 5) is 0. The Hall–Kier alpha value is 0.230. The molecule has 3 N–H and O–H groups in total. The van der Waals surface area contributed by atoms with E-state index in [4.69, 9.17) is 15.3 Å². The highest BCUT2D eigenvalue weighted by atomic mass is 32.2. The molecular formula is C4H10O3S. The van der Waals surface area contributed by atoms with E-state index < -0.39 is 11.5 Å². The van der Waals surface area contributed by atoms with Crippen molar-refractivity contribution in [1.29, 1.82) is 0 Å². The fourth-order valence-electron chi connectivity index (χ4n) is 0.247. The number of aliphatic hydroxyl groups excluding tert-OH is 3. The molecule has 0 rings (SSSR count). The molecule has 0 amide bonds. The maximum atomic E-state index is 8.68. The topological polar surface area (TPSA) is 60.7 Å². The molecule has 50 valence electrons. The van der Waals surface area contributed by atoms with Crippen LogP contribution in [0.5, 0.6) is 0 Å². The zero-order valence-corrected chi connectivity index (χ0v) is 5.43. The summed E-state index contributed by atoms with van der Waals surface area (Å²) in [5, 5.41) is 25.5. The van der Waals surface area contributed by atoms with E-state index in [9.17, 15) is 0 Å². The van der Waals surface area contributed by atoms with Crippen LogP contribution in [0.15, 0.2) is 0 Å². The van der Waals surface area contributed by atoms with Crippen molar-refractivity contribution >= 4 is 11.8 Å². The first-order chi connectivity index (χ1) is 3.72. The first-order valence-corrected chi connectivity index (χ1v) is 3.51. The largest absolute Gasteiger partial charge is 0.394 e. The number of aliphatic hydroxyl groups is 3. The van der Waals surface area contributed by atoms with Crippen LogP contribution in [-0.4, -0.2) is 39.7 Å². The van der Waals surface area contributed by atoms with Crippen molar-refractivity contribution in [3.8, 4) is 0 Å². The Balaban J connectivity index is 3.29. The van der Waals surface area contributed by atoms with Crippen LogP contribution < -0.4 is 0 Å². The van der Waals surface area contributed by atoms with Crippen molar-refractivity contribution in [3.63, 3.8) is 0 Å². The number of rotatable bonds is 3. The highest BCUT2D eigenvalue weighted by Gasteiger charge is 2.11. The third-order valence-electron chi connectivity index (χ3n) is 0.758. The number of thioether (sulfide) groups is 1. The van der Waals surface area contributed by atoms with Gasteiger partial charge in [0.1, 0.15) is 11.5 Å². The first-order valence-electron chi connectivity index (χ1n) is 2.22. The average molecular weight is 138 g/mol. The lowest BCUT2D eigenvalue weighted by atomic mass is 10.4. The van der Waals surface area contributed by atoms with Gasteiger partial charge in [0.25, 0.3) is 0 Å². The van der Waals surface area contributed by atoms with E-state index in [1.54, 1.807) is 6.26 Å². The Morgan fingerprint density at radius 2 is 2.00 bits per heavy atom. The van der Waals surface area contributed by atoms with E-state index >= 15 is 0 Å². The SMILES string of the molecule is CSC(O)C(O)CO. The normalized spacial score (nSPS) is 18.0. The fraction of sp³-hybridized carbons (Fsp3) is 1.00. The summed E-state index contributed by atoms with van der Waals surface area (Å²) in [6, 6.07) is 0. The van der Waals surface area contributed by atoms with Crippen molar-refractivity contribution in [2.45, 2.75) is 11.5 Å². The third-order valence-corrected chi connectivity index (χ3v) is 1.55. The van der Waals surface area contributed by atoms with Gasteiger partial charge in [-0.2, -0.15) is 0 Å². The summed E-state index contributed by atoms with van der Waals surface area (Å²) in [5.74, 6) is 0. The van der Waals surface area contributed by atoms with Gasteiger partial charge in [-0.1, -0.05) is 0 Å². The second kappa shape index (κ2) is 4.14. The zero-order valence-electron chi connectivity index (χ0n) is 4.61. The molecule has 0 saturated carbocycles. The van der Waals surface area contributed by atoms with Crippen molar-refractivity contribution in [1.82, 2.24) is 0 Å². The van der Waals surface area contributed by atoms with Gasteiger partial charge in [0, 0.05) is 0 Å². The van der Waals surface area contributed by atoms with E-state index in [1.165, 1.54) is 0 Å². The molecule has 0 heterocycles. The molecule has 2 unspecified atom stereocenters. The van der Waals surface area contributed by atoms with Gasteiger partial charge in [-0.05, 0) is 6.26 Å². The molecule has 4 heteroatoms. The fourth-order valence-corrected chi connectivity index (χ4v) is 0.647. The van der Waals surface area contributed by atoms with Gasteiger partial charge in [0.2, 0.25) is 0 Å². The molecule has 0 radical (unpaired) electrons. The van der Waals surface area contributed by atoms with Gasteiger partial charge in [0.05, 0.1) is 6.61 Å². The lowest BCUT2D eigenvalue weighted by Crippen LogP contribution is -2.25. The van der Waals surface area contributed by atoms with Gasteiger partial charge >= 0.3 is 0 Å². The molecule has 8 heavy (non-hydrogen) atoms. The van der Waals surface area contributed by atoms with Crippen LogP contribution in [0.4, 0.5) is 0 Å². The molecule has 0 spiro atoms. The Bertz CT molecular complexity index is 51.2. The highest BCUT2D eigenvalue weighted by molar-refractivity contribution is 7.99. The van der Waals surface area contributed by atoms with Crippen LogP contribution in [0.3, 0.4) is 0 Å². The predicted molar refractivity (Wildman–Crippen MR) is 32.6 cm³/mol. The Morgan fingerprint density at radius 1 is 1.50 bits per heavy atom. The van der Waals surface area contributed by atoms with E-state index in [1.807, 2.05) is 0 Å². The molecule has 0 aromatic carbocycles. The molecule has 3 nitrogen and oxygen atoms in total. The summed E-state index contributed by atoms with van der Waals surface area (Å²) in [7, 11) is 0. The zero-order chi connectivity index (χ0) is 6.57.